The molecular formula is C19H25N2+. The lowest BCUT2D eigenvalue weighted by molar-refractivity contribution is -0.914. The third-order valence-electron chi connectivity index (χ3n) is 4.63. The van der Waals surface area contributed by atoms with Crippen LogP contribution in [-0.4, -0.2) is 26.2 Å². The van der Waals surface area contributed by atoms with Gasteiger partial charge in [-0.05, 0) is 31.0 Å². The SMILES string of the molecule is Cc1ccccc1C[NH+]1CCN(c2ccccc2C)CC1. The quantitative estimate of drug-likeness (QED) is 0.906. The fourth-order valence-electron chi connectivity index (χ4n) is 3.24. The first-order valence-electron chi connectivity index (χ1n) is 7.92. The number of hydrogen-bond acceptors (Lipinski definition) is 1. The summed E-state index contributed by atoms with van der Waals surface area (Å²) in [5.74, 6) is 0. The first-order chi connectivity index (χ1) is 10.2. The van der Waals surface area contributed by atoms with Gasteiger partial charge in [-0.1, -0.05) is 42.5 Å². The molecule has 2 nitrogen and oxygen atoms in total. The van der Waals surface area contributed by atoms with E-state index in [0.717, 1.165) is 19.6 Å². The van der Waals surface area contributed by atoms with Crippen molar-refractivity contribution in [3.8, 4) is 0 Å². The third-order valence-corrected chi connectivity index (χ3v) is 4.63. The number of hydrogen-bond donors (Lipinski definition) is 1. The molecule has 1 N–H and O–H groups in total. The van der Waals surface area contributed by atoms with Crippen molar-refractivity contribution in [2.75, 3.05) is 31.1 Å². The monoisotopic (exact) mass is 281 g/mol. The minimum Gasteiger partial charge on any atom is -0.360 e. The van der Waals surface area contributed by atoms with Crippen molar-refractivity contribution in [1.82, 2.24) is 0 Å². The Morgan fingerprint density at radius 1 is 0.857 bits per heavy atom. The highest BCUT2D eigenvalue weighted by atomic mass is 15.3. The summed E-state index contributed by atoms with van der Waals surface area (Å²) < 4.78 is 0. The molecule has 1 fully saturated rings. The molecule has 0 atom stereocenters. The van der Waals surface area contributed by atoms with Crippen molar-refractivity contribution >= 4 is 5.69 Å². The van der Waals surface area contributed by atoms with Crippen LogP contribution in [0.5, 0.6) is 0 Å². The first-order valence-corrected chi connectivity index (χ1v) is 7.92. The molecule has 2 aromatic rings. The fraction of sp³-hybridized carbons (Fsp3) is 0.368. The van der Waals surface area contributed by atoms with Gasteiger partial charge in [-0.15, -0.1) is 0 Å². The van der Waals surface area contributed by atoms with Gasteiger partial charge in [0.25, 0.3) is 0 Å². The summed E-state index contributed by atoms with van der Waals surface area (Å²) in [4.78, 5) is 4.24. The van der Waals surface area contributed by atoms with Gasteiger partial charge in [0.2, 0.25) is 0 Å². The van der Waals surface area contributed by atoms with E-state index in [4.69, 9.17) is 0 Å². The number of nitrogens with one attached hydrogen (secondary N) is 1. The molecule has 0 bridgehead atoms. The van der Waals surface area contributed by atoms with Crippen LogP contribution in [0.2, 0.25) is 0 Å². The summed E-state index contributed by atoms with van der Waals surface area (Å²) in [6.07, 6.45) is 0. The molecule has 0 aromatic heterocycles. The van der Waals surface area contributed by atoms with Crippen LogP contribution >= 0.6 is 0 Å². The van der Waals surface area contributed by atoms with E-state index in [2.05, 4.69) is 67.3 Å². The Balaban J connectivity index is 1.61. The van der Waals surface area contributed by atoms with E-state index in [9.17, 15) is 0 Å². The highest BCUT2D eigenvalue weighted by Crippen LogP contribution is 2.18. The van der Waals surface area contributed by atoms with Gasteiger partial charge in [0, 0.05) is 11.3 Å². The Kier molecular flexibility index (Phi) is 4.26. The Labute approximate surface area is 128 Å². The summed E-state index contributed by atoms with van der Waals surface area (Å²) in [5, 5.41) is 0. The van der Waals surface area contributed by atoms with Gasteiger partial charge in [0.15, 0.2) is 0 Å². The number of nitrogens with zero attached hydrogens (tertiary/aromatic N) is 1. The molecule has 0 radical (unpaired) electrons. The zero-order valence-corrected chi connectivity index (χ0v) is 13.1. The molecule has 2 heteroatoms. The van der Waals surface area contributed by atoms with Gasteiger partial charge in [0.05, 0.1) is 26.2 Å². The van der Waals surface area contributed by atoms with Crippen molar-refractivity contribution in [2.24, 2.45) is 0 Å². The van der Waals surface area contributed by atoms with Crippen LogP contribution in [0.3, 0.4) is 0 Å². The molecule has 1 aliphatic rings. The molecule has 1 aliphatic heterocycles. The van der Waals surface area contributed by atoms with Gasteiger partial charge in [-0.3, -0.25) is 0 Å². The van der Waals surface area contributed by atoms with Gasteiger partial charge < -0.3 is 9.80 Å². The van der Waals surface area contributed by atoms with E-state index >= 15 is 0 Å². The molecule has 0 unspecified atom stereocenters. The third kappa shape index (κ3) is 3.27. The summed E-state index contributed by atoms with van der Waals surface area (Å²) in [6.45, 7) is 10.4. The number of rotatable bonds is 3. The molecule has 0 aliphatic carbocycles. The molecule has 21 heavy (non-hydrogen) atoms. The van der Waals surface area contributed by atoms with E-state index in [1.165, 1.54) is 35.5 Å². The van der Waals surface area contributed by atoms with Gasteiger partial charge in [-0.2, -0.15) is 0 Å². The Bertz CT molecular complexity index is 598. The van der Waals surface area contributed by atoms with Crippen LogP contribution in [0.25, 0.3) is 0 Å². The van der Waals surface area contributed by atoms with Crippen LogP contribution in [0, 0.1) is 13.8 Å². The summed E-state index contributed by atoms with van der Waals surface area (Å²) in [7, 11) is 0. The minimum atomic E-state index is 1.16. The summed E-state index contributed by atoms with van der Waals surface area (Å²) in [5.41, 5.74) is 5.72. The molecule has 110 valence electrons. The van der Waals surface area contributed by atoms with Crippen LogP contribution in [0.4, 0.5) is 5.69 Å². The van der Waals surface area contributed by atoms with Gasteiger partial charge in [0.1, 0.15) is 6.54 Å². The second-order valence-corrected chi connectivity index (χ2v) is 6.13. The largest absolute Gasteiger partial charge is 0.360 e. The van der Waals surface area contributed by atoms with Crippen molar-refractivity contribution in [2.45, 2.75) is 20.4 Å². The highest BCUT2D eigenvalue weighted by molar-refractivity contribution is 5.53. The van der Waals surface area contributed by atoms with Crippen LogP contribution in [0.1, 0.15) is 16.7 Å². The maximum absolute atomic E-state index is 2.54. The summed E-state index contributed by atoms with van der Waals surface area (Å²) >= 11 is 0. The fourth-order valence-corrected chi connectivity index (χ4v) is 3.24. The second kappa shape index (κ2) is 6.31. The van der Waals surface area contributed by atoms with Crippen molar-refractivity contribution in [3.63, 3.8) is 0 Å². The number of anilines is 1. The average Bonchev–Trinajstić information content (AvgIpc) is 2.51. The van der Waals surface area contributed by atoms with Crippen molar-refractivity contribution in [3.05, 3.63) is 65.2 Å². The first kappa shape index (κ1) is 14.2. The maximum Gasteiger partial charge on any atom is 0.103 e. The molecule has 0 saturated carbocycles. The molecule has 2 aromatic carbocycles. The highest BCUT2D eigenvalue weighted by Gasteiger charge is 2.21. The van der Waals surface area contributed by atoms with Crippen molar-refractivity contribution in [1.29, 1.82) is 0 Å². The average molecular weight is 281 g/mol. The van der Waals surface area contributed by atoms with Gasteiger partial charge >= 0.3 is 0 Å². The predicted molar refractivity (Wildman–Crippen MR) is 89.0 cm³/mol. The predicted octanol–water partition coefficient (Wildman–Crippen LogP) is 2.21. The molecule has 0 amide bonds. The van der Waals surface area contributed by atoms with Gasteiger partial charge in [-0.25, -0.2) is 0 Å². The van der Waals surface area contributed by atoms with Crippen molar-refractivity contribution < 1.29 is 4.90 Å². The standard InChI is InChI=1S/C19H24N2/c1-16-7-3-5-9-18(16)15-20-11-13-21(14-12-20)19-10-6-4-8-17(19)2/h3-10H,11-15H2,1-2H3/p+1. The topological polar surface area (TPSA) is 7.68 Å². The maximum atomic E-state index is 2.54. The van der Waals surface area contributed by atoms with E-state index in [-0.39, 0.29) is 0 Å². The zero-order valence-electron chi connectivity index (χ0n) is 13.1. The lowest BCUT2D eigenvalue weighted by Gasteiger charge is -2.34. The minimum absolute atomic E-state index is 1.16. The normalized spacial score (nSPS) is 16.2. The van der Waals surface area contributed by atoms with E-state index in [1.54, 1.807) is 4.90 Å². The number of piperazine rings is 1. The number of para-hydroxylation sites is 1. The van der Waals surface area contributed by atoms with E-state index in [1.807, 2.05) is 0 Å². The molecule has 0 spiro atoms. The lowest BCUT2D eigenvalue weighted by Crippen LogP contribution is -3.13. The molecule has 1 saturated heterocycles. The zero-order chi connectivity index (χ0) is 14.7. The smallest absolute Gasteiger partial charge is 0.103 e. The number of quaternary nitrogens is 1. The van der Waals surface area contributed by atoms with E-state index in [0.29, 0.717) is 0 Å². The molecule has 3 rings (SSSR count). The van der Waals surface area contributed by atoms with Crippen LogP contribution < -0.4 is 9.80 Å². The lowest BCUT2D eigenvalue weighted by atomic mass is 10.1. The van der Waals surface area contributed by atoms with E-state index < -0.39 is 0 Å². The number of aryl methyl sites for hydroxylation is 2. The molecule has 1 heterocycles. The Morgan fingerprint density at radius 3 is 2.14 bits per heavy atom. The van der Waals surface area contributed by atoms with Crippen LogP contribution in [0.15, 0.2) is 48.5 Å². The Morgan fingerprint density at radius 2 is 1.48 bits per heavy atom. The Hall–Kier alpha value is -1.80. The molecular weight excluding hydrogens is 256 g/mol. The van der Waals surface area contributed by atoms with Crippen LogP contribution in [-0.2, 0) is 6.54 Å². The number of benzene rings is 2. The summed E-state index contributed by atoms with van der Waals surface area (Å²) in [6, 6.07) is 17.5. The second-order valence-electron chi connectivity index (χ2n) is 6.13.